The maximum Gasteiger partial charge on any atom is 0.253 e. The van der Waals surface area contributed by atoms with Gasteiger partial charge in [-0.3, -0.25) is 4.79 Å². The molecule has 2 atom stereocenters. The fraction of sp³-hybridized carbons (Fsp3) is 0.611. The Morgan fingerprint density at radius 3 is 2.33 bits per heavy atom. The molecule has 0 aromatic heterocycles. The van der Waals surface area contributed by atoms with Crippen molar-refractivity contribution in [2.75, 3.05) is 20.1 Å². The maximum absolute atomic E-state index is 12.6. The van der Waals surface area contributed by atoms with E-state index < -0.39 is 0 Å². The minimum absolute atomic E-state index is 0.126. The quantitative estimate of drug-likeness (QED) is 0.907. The normalized spacial score (nSPS) is 23.2. The van der Waals surface area contributed by atoms with Crippen molar-refractivity contribution in [1.82, 2.24) is 10.2 Å². The highest BCUT2D eigenvalue weighted by atomic mass is 16.2. The van der Waals surface area contributed by atoms with Crippen LogP contribution in [0.3, 0.4) is 0 Å². The van der Waals surface area contributed by atoms with Gasteiger partial charge in [0.2, 0.25) is 0 Å². The van der Waals surface area contributed by atoms with Crippen LogP contribution in [0.25, 0.3) is 0 Å². The third kappa shape index (κ3) is 3.65. The summed E-state index contributed by atoms with van der Waals surface area (Å²) in [5, 5.41) is 3.34. The number of amides is 1. The van der Waals surface area contributed by atoms with E-state index in [0.717, 1.165) is 25.1 Å². The van der Waals surface area contributed by atoms with E-state index in [1.54, 1.807) is 0 Å². The molecule has 1 fully saturated rings. The Hall–Kier alpha value is -1.35. The molecule has 1 saturated heterocycles. The monoisotopic (exact) mass is 288 g/mol. The summed E-state index contributed by atoms with van der Waals surface area (Å²) in [4.78, 5) is 14.6. The first-order valence-electron chi connectivity index (χ1n) is 7.90. The van der Waals surface area contributed by atoms with E-state index >= 15 is 0 Å². The summed E-state index contributed by atoms with van der Waals surface area (Å²) < 4.78 is 0. The minimum Gasteiger partial charge on any atom is -0.338 e. The standard InChI is InChI=1S/C18H28N2O/c1-13-12-20(11-10-16(13)19-5)17(21)14-6-8-15(9-7-14)18(2,3)4/h6-9,13,16,19H,10-12H2,1-5H3. The lowest BCUT2D eigenvalue weighted by Gasteiger charge is -2.37. The number of carbonyl (C=O) groups is 1. The zero-order chi connectivity index (χ0) is 15.6. The highest BCUT2D eigenvalue weighted by Gasteiger charge is 2.28. The molecule has 21 heavy (non-hydrogen) atoms. The van der Waals surface area contributed by atoms with E-state index in [0.29, 0.717) is 12.0 Å². The maximum atomic E-state index is 12.6. The highest BCUT2D eigenvalue weighted by molar-refractivity contribution is 5.94. The molecule has 0 spiro atoms. The Bertz CT molecular complexity index is 487. The van der Waals surface area contributed by atoms with Crippen LogP contribution >= 0.6 is 0 Å². The molecule has 0 saturated carbocycles. The van der Waals surface area contributed by atoms with Gasteiger partial charge in [0.15, 0.2) is 0 Å². The average Bonchev–Trinajstić information content (AvgIpc) is 2.45. The molecular weight excluding hydrogens is 260 g/mol. The lowest BCUT2D eigenvalue weighted by Crippen LogP contribution is -2.49. The van der Waals surface area contributed by atoms with Crippen LogP contribution in [0, 0.1) is 5.92 Å². The Kier molecular flexibility index (Phi) is 4.72. The van der Waals surface area contributed by atoms with Crippen molar-refractivity contribution in [1.29, 1.82) is 0 Å². The Morgan fingerprint density at radius 1 is 1.24 bits per heavy atom. The number of benzene rings is 1. The lowest BCUT2D eigenvalue weighted by molar-refractivity contribution is 0.0649. The van der Waals surface area contributed by atoms with Crippen molar-refractivity contribution < 1.29 is 4.79 Å². The van der Waals surface area contributed by atoms with E-state index in [1.165, 1.54) is 5.56 Å². The predicted molar refractivity (Wildman–Crippen MR) is 87.7 cm³/mol. The first-order chi connectivity index (χ1) is 9.82. The fourth-order valence-electron chi connectivity index (χ4n) is 3.05. The molecule has 1 aromatic rings. The molecule has 0 bridgehead atoms. The van der Waals surface area contributed by atoms with Crippen molar-refractivity contribution >= 4 is 5.91 Å². The number of hydrogen-bond donors (Lipinski definition) is 1. The molecule has 2 unspecified atom stereocenters. The van der Waals surface area contributed by atoms with Gasteiger partial charge in [-0.25, -0.2) is 0 Å². The topological polar surface area (TPSA) is 32.3 Å². The van der Waals surface area contributed by atoms with Crippen LogP contribution in [-0.2, 0) is 5.41 Å². The predicted octanol–water partition coefficient (Wildman–Crippen LogP) is 3.05. The van der Waals surface area contributed by atoms with Crippen LogP contribution in [0.2, 0.25) is 0 Å². The zero-order valence-corrected chi connectivity index (χ0v) is 13.9. The van der Waals surface area contributed by atoms with Crippen molar-refractivity contribution in [3.63, 3.8) is 0 Å². The molecule has 0 aliphatic carbocycles. The highest BCUT2D eigenvalue weighted by Crippen LogP contribution is 2.23. The van der Waals surface area contributed by atoms with Gasteiger partial charge >= 0.3 is 0 Å². The zero-order valence-electron chi connectivity index (χ0n) is 13.9. The summed E-state index contributed by atoms with van der Waals surface area (Å²) in [7, 11) is 2.00. The molecule has 3 heteroatoms. The third-order valence-corrected chi connectivity index (χ3v) is 4.56. The van der Waals surface area contributed by atoms with Gasteiger partial charge in [0, 0.05) is 24.7 Å². The molecule has 1 N–H and O–H groups in total. The molecule has 116 valence electrons. The molecule has 1 aromatic carbocycles. The summed E-state index contributed by atoms with van der Waals surface area (Å²) in [5.41, 5.74) is 2.20. The molecular formula is C18H28N2O. The van der Waals surface area contributed by atoms with Gasteiger partial charge in [0.1, 0.15) is 0 Å². The number of piperidine rings is 1. The van der Waals surface area contributed by atoms with Gasteiger partial charge in [0.05, 0.1) is 0 Å². The van der Waals surface area contributed by atoms with Crippen molar-refractivity contribution in [2.45, 2.75) is 45.6 Å². The van der Waals surface area contributed by atoms with Gasteiger partial charge in [-0.15, -0.1) is 0 Å². The van der Waals surface area contributed by atoms with Crippen LogP contribution in [0.1, 0.15) is 50.0 Å². The number of nitrogens with one attached hydrogen (secondary N) is 1. The van der Waals surface area contributed by atoms with E-state index in [2.05, 4.69) is 45.1 Å². The second kappa shape index (κ2) is 6.18. The van der Waals surface area contributed by atoms with E-state index in [9.17, 15) is 4.79 Å². The molecule has 1 aliphatic heterocycles. The van der Waals surface area contributed by atoms with Gasteiger partial charge in [-0.2, -0.15) is 0 Å². The summed E-state index contributed by atoms with van der Waals surface area (Å²) >= 11 is 0. The molecule has 1 aliphatic rings. The number of carbonyl (C=O) groups excluding carboxylic acids is 1. The summed E-state index contributed by atoms with van der Waals surface area (Å²) in [6, 6.07) is 8.63. The van der Waals surface area contributed by atoms with Gasteiger partial charge < -0.3 is 10.2 Å². The van der Waals surface area contributed by atoms with Crippen LogP contribution < -0.4 is 5.32 Å². The number of likely N-dealkylation sites (tertiary alicyclic amines) is 1. The van der Waals surface area contributed by atoms with Crippen LogP contribution in [0.5, 0.6) is 0 Å². The number of rotatable bonds is 2. The van der Waals surface area contributed by atoms with Gasteiger partial charge in [0.25, 0.3) is 5.91 Å². The van der Waals surface area contributed by atoms with Crippen molar-refractivity contribution in [2.24, 2.45) is 5.92 Å². The SMILES string of the molecule is CNC1CCN(C(=O)c2ccc(C(C)(C)C)cc2)CC1C. The number of nitrogens with zero attached hydrogens (tertiary/aromatic N) is 1. The second-order valence-corrected chi connectivity index (χ2v) is 7.24. The van der Waals surface area contributed by atoms with Gasteiger partial charge in [-0.05, 0) is 42.5 Å². The molecule has 0 radical (unpaired) electrons. The second-order valence-electron chi connectivity index (χ2n) is 7.24. The number of hydrogen-bond acceptors (Lipinski definition) is 2. The molecule has 2 rings (SSSR count). The third-order valence-electron chi connectivity index (χ3n) is 4.56. The Labute approximate surface area is 128 Å². The Morgan fingerprint density at radius 2 is 1.86 bits per heavy atom. The van der Waals surface area contributed by atoms with Crippen molar-refractivity contribution in [3.05, 3.63) is 35.4 Å². The largest absolute Gasteiger partial charge is 0.338 e. The summed E-state index contributed by atoms with van der Waals surface area (Å²) in [6.07, 6.45) is 1.03. The molecule has 1 heterocycles. The summed E-state index contributed by atoms with van der Waals surface area (Å²) in [6.45, 7) is 10.5. The average molecular weight is 288 g/mol. The van der Waals surface area contributed by atoms with Crippen LogP contribution in [-0.4, -0.2) is 37.0 Å². The fourth-order valence-corrected chi connectivity index (χ4v) is 3.05. The lowest BCUT2D eigenvalue weighted by atomic mass is 9.86. The first-order valence-corrected chi connectivity index (χ1v) is 7.90. The van der Waals surface area contributed by atoms with Gasteiger partial charge in [-0.1, -0.05) is 39.8 Å². The molecule has 1 amide bonds. The smallest absolute Gasteiger partial charge is 0.253 e. The van der Waals surface area contributed by atoms with E-state index in [-0.39, 0.29) is 11.3 Å². The minimum atomic E-state index is 0.126. The first kappa shape index (κ1) is 16.0. The molecule has 3 nitrogen and oxygen atoms in total. The van der Waals surface area contributed by atoms with Crippen molar-refractivity contribution in [3.8, 4) is 0 Å². The van der Waals surface area contributed by atoms with E-state index in [4.69, 9.17) is 0 Å². The van der Waals surface area contributed by atoms with Crippen LogP contribution in [0.15, 0.2) is 24.3 Å². The van der Waals surface area contributed by atoms with Crippen LogP contribution in [0.4, 0.5) is 0 Å². The summed E-state index contributed by atoms with van der Waals surface area (Å²) in [5.74, 6) is 0.665. The van der Waals surface area contributed by atoms with E-state index in [1.807, 2.05) is 24.1 Å². The Balaban J connectivity index is 2.07.